The maximum Gasteiger partial charge on any atom is 0.229 e. The Morgan fingerprint density at radius 1 is 1.06 bits per heavy atom. The van der Waals surface area contributed by atoms with E-state index >= 15 is 0 Å². The number of aliphatic hydroxyl groups excluding tert-OH is 3. The Kier molecular flexibility index (Phi) is 7.18. The molecule has 2 aliphatic rings. The van der Waals surface area contributed by atoms with Crippen LogP contribution in [0, 0.1) is 13.8 Å². The highest BCUT2D eigenvalue weighted by Crippen LogP contribution is 2.49. The minimum absolute atomic E-state index is 0.0333. The summed E-state index contributed by atoms with van der Waals surface area (Å²) in [6.45, 7) is 4.08. The summed E-state index contributed by atoms with van der Waals surface area (Å²) in [4.78, 5) is 13.5. The monoisotopic (exact) mass is 504 g/mol. The molecule has 0 saturated carbocycles. The van der Waals surface area contributed by atoms with Gasteiger partial charge in [-0.15, -0.1) is 0 Å². The van der Waals surface area contributed by atoms with Gasteiger partial charge in [0.25, 0.3) is 0 Å². The topological polar surface area (TPSA) is 144 Å². The summed E-state index contributed by atoms with van der Waals surface area (Å²) >= 11 is 0. The predicted octanol–water partition coefficient (Wildman–Crippen LogP) is 1.60. The summed E-state index contributed by atoms with van der Waals surface area (Å²) < 4.78 is 28.7. The number of fused-ring (bicyclic) bond motifs is 1. The van der Waals surface area contributed by atoms with Crippen molar-refractivity contribution >= 4 is 5.78 Å². The third kappa shape index (κ3) is 4.29. The molecule has 1 saturated heterocycles. The van der Waals surface area contributed by atoms with Crippen molar-refractivity contribution in [3.8, 4) is 23.0 Å². The van der Waals surface area contributed by atoms with Gasteiger partial charge < -0.3 is 44.1 Å². The van der Waals surface area contributed by atoms with E-state index in [1.807, 2.05) is 12.1 Å². The molecule has 6 unspecified atom stereocenters. The Morgan fingerprint density at radius 2 is 1.72 bits per heavy atom. The lowest BCUT2D eigenvalue weighted by atomic mass is 9.86. The van der Waals surface area contributed by atoms with Crippen LogP contribution in [0.1, 0.15) is 46.5 Å². The van der Waals surface area contributed by atoms with Crippen LogP contribution in [0.4, 0.5) is 0 Å². The van der Waals surface area contributed by atoms with Crippen molar-refractivity contribution in [1.82, 2.24) is 0 Å². The molecule has 2 aliphatic heterocycles. The number of aliphatic hydroxyl groups is 4. The Hall–Kier alpha value is -2.89. The van der Waals surface area contributed by atoms with Gasteiger partial charge in [-0.2, -0.15) is 0 Å². The molecule has 2 aromatic carbocycles. The Labute approximate surface area is 208 Å². The average molecular weight is 505 g/mol. The second-order valence-electron chi connectivity index (χ2n) is 9.28. The molecule has 0 aromatic heterocycles. The predicted molar refractivity (Wildman–Crippen MR) is 127 cm³/mol. The number of carbonyl (C=O) groups is 1. The number of ether oxygens (including phenoxy) is 5. The molecule has 196 valence electrons. The van der Waals surface area contributed by atoms with Gasteiger partial charge in [-0.1, -0.05) is 12.1 Å². The summed E-state index contributed by atoms with van der Waals surface area (Å²) in [5.74, 6) is 1.20. The van der Waals surface area contributed by atoms with Crippen LogP contribution in [0.25, 0.3) is 0 Å². The van der Waals surface area contributed by atoms with Crippen LogP contribution in [0.5, 0.6) is 23.0 Å². The highest BCUT2D eigenvalue weighted by molar-refractivity contribution is 6.04. The SMILES string of the molecule is COc1ccc(C2CC(=O)c3c(c(C)c(OC)c(C)c3OC3OC(CO)C(C)(O)C(O)C3O)O2)cc1. The zero-order valence-electron chi connectivity index (χ0n) is 20.8. The second kappa shape index (κ2) is 9.87. The van der Waals surface area contributed by atoms with Gasteiger partial charge in [0.05, 0.1) is 27.2 Å². The van der Waals surface area contributed by atoms with Crippen LogP contribution >= 0.6 is 0 Å². The summed E-state index contributed by atoms with van der Waals surface area (Å²) in [6.07, 6.45) is -6.59. The third-order valence-electron chi connectivity index (χ3n) is 6.97. The highest BCUT2D eigenvalue weighted by atomic mass is 16.7. The number of hydrogen-bond acceptors (Lipinski definition) is 10. The molecule has 4 rings (SSSR count). The van der Waals surface area contributed by atoms with Gasteiger partial charge in [0.1, 0.15) is 58.6 Å². The third-order valence-corrected chi connectivity index (χ3v) is 6.97. The molecule has 6 atom stereocenters. The van der Waals surface area contributed by atoms with Gasteiger partial charge in [0.2, 0.25) is 6.29 Å². The number of Topliss-reactive ketones (excluding diaryl/α,β-unsaturated/α-hetero) is 1. The fourth-order valence-electron chi connectivity index (χ4n) is 4.79. The van der Waals surface area contributed by atoms with Crippen molar-refractivity contribution in [2.45, 2.75) is 63.5 Å². The molecule has 0 radical (unpaired) electrons. The van der Waals surface area contributed by atoms with Gasteiger partial charge in [-0.05, 0) is 38.5 Å². The first-order valence-corrected chi connectivity index (χ1v) is 11.6. The summed E-state index contributed by atoms with van der Waals surface area (Å²) in [7, 11) is 3.05. The molecule has 0 bridgehead atoms. The fourth-order valence-corrected chi connectivity index (χ4v) is 4.79. The van der Waals surface area contributed by atoms with Crippen LogP contribution in [0.2, 0.25) is 0 Å². The highest BCUT2D eigenvalue weighted by Gasteiger charge is 2.53. The molecule has 0 amide bonds. The lowest BCUT2D eigenvalue weighted by Gasteiger charge is -2.46. The van der Waals surface area contributed by atoms with Crippen molar-refractivity contribution in [3.05, 3.63) is 46.5 Å². The summed E-state index contributed by atoms with van der Waals surface area (Å²) in [6, 6.07) is 7.23. The normalized spacial score (nSPS) is 29.8. The van der Waals surface area contributed by atoms with Crippen LogP contribution in [0.3, 0.4) is 0 Å². The minimum Gasteiger partial charge on any atom is -0.497 e. The number of hydrogen-bond donors (Lipinski definition) is 4. The molecule has 2 heterocycles. The number of methoxy groups -OCH3 is 2. The van der Waals surface area contributed by atoms with Crippen LogP contribution in [-0.4, -0.2) is 77.2 Å². The van der Waals surface area contributed by atoms with E-state index in [9.17, 15) is 25.2 Å². The molecule has 10 nitrogen and oxygen atoms in total. The Balaban J connectivity index is 1.75. The molecular formula is C26H32O10. The van der Waals surface area contributed by atoms with Crippen LogP contribution < -0.4 is 18.9 Å². The molecule has 0 aliphatic carbocycles. The average Bonchev–Trinajstić information content (AvgIpc) is 2.86. The zero-order chi connectivity index (χ0) is 26.4. The van der Waals surface area contributed by atoms with E-state index in [-0.39, 0.29) is 29.3 Å². The van der Waals surface area contributed by atoms with E-state index < -0.39 is 42.9 Å². The van der Waals surface area contributed by atoms with E-state index in [1.54, 1.807) is 33.1 Å². The Bertz CT molecular complexity index is 1120. The van der Waals surface area contributed by atoms with Gasteiger partial charge in [-0.3, -0.25) is 4.79 Å². The molecular weight excluding hydrogens is 472 g/mol. The first-order chi connectivity index (χ1) is 17.0. The fraction of sp³-hybridized carbons (Fsp3) is 0.500. The zero-order valence-corrected chi connectivity index (χ0v) is 20.8. The van der Waals surface area contributed by atoms with Crippen LogP contribution in [-0.2, 0) is 4.74 Å². The minimum atomic E-state index is -1.92. The largest absolute Gasteiger partial charge is 0.497 e. The van der Waals surface area contributed by atoms with Gasteiger partial charge in [0, 0.05) is 11.1 Å². The van der Waals surface area contributed by atoms with E-state index in [0.29, 0.717) is 22.6 Å². The van der Waals surface area contributed by atoms with Crippen LogP contribution in [0.15, 0.2) is 24.3 Å². The van der Waals surface area contributed by atoms with E-state index in [1.165, 1.54) is 14.0 Å². The first-order valence-electron chi connectivity index (χ1n) is 11.6. The van der Waals surface area contributed by atoms with Gasteiger partial charge in [-0.25, -0.2) is 0 Å². The second-order valence-corrected chi connectivity index (χ2v) is 9.28. The first kappa shape index (κ1) is 26.2. The van der Waals surface area contributed by atoms with Crippen molar-refractivity contribution in [1.29, 1.82) is 0 Å². The number of ketones is 1. The number of rotatable bonds is 6. The molecule has 2 aromatic rings. The van der Waals surface area contributed by atoms with Gasteiger partial charge >= 0.3 is 0 Å². The molecule has 0 spiro atoms. The quantitative estimate of drug-likeness (QED) is 0.458. The van der Waals surface area contributed by atoms with Crippen molar-refractivity contribution in [2.24, 2.45) is 0 Å². The summed E-state index contributed by atoms with van der Waals surface area (Å²) in [5.41, 5.74) is 0.108. The number of benzene rings is 2. The van der Waals surface area contributed by atoms with E-state index in [4.69, 9.17) is 23.7 Å². The lowest BCUT2D eigenvalue weighted by Crippen LogP contribution is -2.66. The molecule has 36 heavy (non-hydrogen) atoms. The standard InChI is InChI=1S/C26H32O10/c1-12-21(33-5)13(2)23(36-25-20(29)24(30)26(3,31)18(11-27)35-25)19-16(28)10-17(34-22(12)19)14-6-8-15(32-4)9-7-14/h6-9,17-18,20,24-25,27,29-31H,10-11H2,1-5H3. The van der Waals surface area contributed by atoms with Crippen molar-refractivity contribution in [2.75, 3.05) is 20.8 Å². The molecule has 10 heteroatoms. The van der Waals surface area contributed by atoms with E-state index in [2.05, 4.69) is 0 Å². The molecule has 1 fully saturated rings. The lowest BCUT2D eigenvalue weighted by molar-refractivity contribution is -0.308. The smallest absolute Gasteiger partial charge is 0.229 e. The Morgan fingerprint density at radius 3 is 2.31 bits per heavy atom. The maximum atomic E-state index is 13.5. The molecule has 4 N–H and O–H groups in total. The van der Waals surface area contributed by atoms with Gasteiger partial charge in [0.15, 0.2) is 5.78 Å². The van der Waals surface area contributed by atoms with Crippen molar-refractivity contribution in [3.63, 3.8) is 0 Å². The maximum absolute atomic E-state index is 13.5. The number of carbonyl (C=O) groups excluding carboxylic acids is 1. The van der Waals surface area contributed by atoms with Crippen molar-refractivity contribution < 1.29 is 48.9 Å². The summed E-state index contributed by atoms with van der Waals surface area (Å²) in [5, 5.41) is 41.2. The van der Waals surface area contributed by atoms with E-state index in [0.717, 1.165) is 5.56 Å².